The minimum atomic E-state index is -4.90. The van der Waals surface area contributed by atoms with E-state index in [4.69, 9.17) is 4.74 Å². The number of alkyl halides is 3. The normalized spacial score (nSPS) is 15.0. The van der Waals surface area contributed by atoms with Gasteiger partial charge in [-0.3, -0.25) is 9.59 Å². The lowest BCUT2D eigenvalue weighted by Gasteiger charge is -2.18. The highest BCUT2D eigenvalue weighted by Gasteiger charge is 2.37. The van der Waals surface area contributed by atoms with Crippen LogP contribution < -0.4 is 9.47 Å². The molecule has 0 saturated heterocycles. The van der Waals surface area contributed by atoms with Crippen molar-refractivity contribution >= 4 is 12.1 Å². The fourth-order valence-electron chi connectivity index (χ4n) is 3.07. The van der Waals surface area contributed by atoms with Crippen LogP contribution in [0.5, 0.6) is 11.5 Å². The SMILES string of the molecule is CC(=O)c1cc(-c2cc(C=O)ccc2OC(F)(F)F)c2c(c1)C(C)(C)CO2. The van der Waals surface area contributed by atoms with E-state index in [2.05, 4.69) is 4.74 Å². The molecule has 0 aliphatic carbocycles. The molecule has 27 heavy (non-hydrogen) atoms. The number of carbonyl (C=O) groups is 2. The van der Waals surface area contributed by atoms with E-state index in [0.29, 0.717) is 24.2 Å². The number of ether oxygens (including phenoxy) is 2. The maximum Gasteiger partial charge on any atom is 0.573 e. The maximum atomic E-state index is 12.8. The van der Waals surface area contributed by atoms with Crippen LogP contribution in [-0.4, -0.2) is 25.0 Å². The van der Waals surface area contributed by atoms with Crippen LogP contribution in [0.15, 0.2) is 30.3 Å². The first-order chi connectivity index (χ1) is 12.5. The van der Waals surface area contributed by atoms with Gasteiger partial charge in [-0.15, -0.1) is 13.2 Å². The summed E-state index contributed by atoms with van der Waals surface area (Å²) in [7, 11) is 0. The van der Waals surface area contributed by atoms with Crippen molar-refractivity contribution in [2.75, 3.05) is 6.61 Å². The van der Waals surface area contributed by atoms with Crippen LogP contribution in [0.2, 0.25) is 0 Å². The van der Waals surface area contributed by atoms with Crippen molar-refractivity contribution in [1.82, 2.24) is 0 Å². The van der Waals surface area contributed by atoms with E-state index in [1.165, 1.54) is 25.1 Å². The van der Waals surface area contributed by atoms with Gasteiger partial charge in [0, 0.05) is 33.2 Å². The summed E-state index contributed by atoms with van der Waals surface area (Å²) in [5.74, 6) is -0.309. The summed E-state index contributed by atoms with van der Waals surface area (Å²) in [5.41, 5.74) is 1.15. The van der Waals surface area contributed by atoms with Crippen molar-refractivity contribution in [3.05, 3.63) is 47.0 Å². The molecule has 142 valence electrons. The Kier molecular flexibility index (Phi) is 4.49. The summed E-state index contributed by atoms with van der Waals surface area (Å²) in [5, 5.41) is 0. The molecule has 0 amide bonds. The monoisotopic (exact) mass is 378 g/mol. The molecule has 1 aliphatic rings. The third-order valence-electron chi connectivity index (χ3n) is 4.46. The molecule has 0 radical (unpaired) electrons. The van der Waals surface area contributed by atoms with E-state index < -0.39 is 17.5 Å². The predicted molar refractivity (Wildman–Crippen MR) is 92.5 cm³/mol. The molecule has 1 aliphatic heterocycles. The first kappa shape index (κ1) is 18.9. The van der Waals surface area contributed by atoms with Gasteiger partial charge in [0.25, 0.3) is 0 Å². The lowest BCUT2D eigenvalue weighted by Crippen LogP contribution is -2.18. The molecule has 0 atom stereocenters. The third-order valence-corrected chi connectivity index (χ3v) is 4.46. The highest BCUT2D eigenvalue weighted by atomic mass is 19.4. The highest BCUT2D eigenvalue weighted by molar-refractivity contribution is 5.97. The van der Waals surface area contributed by atoms with Crippen molar-refractivity contribution in [1.29, 1.82) is 0 Å². The predicted octanol–water partition coefficient (Wildman–Crippen LogP) is 4.94. The second-order valence-electron chi connectivity index (χ2n) is 7.05. The molecular formula is C20H17F3O4. The Bertz CT molecular complexity index is 930. The Morgan fingerprint density at radius 2 is 1.89 bits per heavy atom. The summed E-state index contributed by atoms with van der Waals surface area (Å²) in [6, 6.07) is 6.77. The first-order valence-electron chi connectivity index (χ1n) is 8.19. The largest absolute Gasteiger partial charge is 0.573 e. The Hall–Kier alpha value is -2.83. The molecule has 0 aromatic heterocycles. The van der Waals surface area contributed by atoms with Gasteiger partial charge >= 0.3 is 6.36 Å². The van der Waals surface area contributed by atoms with Gasteiger partial charge in [-0.1, -0.05) is 13.8 Å². The van der Waals surface area contributed by atoms with Crippen LogP contribution in [0.25, 0.3) is 11.1 Å². The zero-order valence-electron chi connectivity index (χ0n) is 14.9. The van der Waals surface area contributed by atoms with Crippen LogP contribution >= 0.6 is 0 Å². The van der Waals surface area contributed by atoms with Crippen LogP contribution in [0.3, 0.4) is 0 Å². The highest BCUT2D eigenvalue weighted by Crippen LogP contribution is 2.48. The van der Waals surface area contributed by atoms with Gasteiger partial charge in [-0.25, -0.2) is 0 Å². The summed E-state index contributed by atoms with van der Waals surface area (Å²) in [6.45, 7) is 5.53. The molecule has 0 fully saturated rings. The molecule has 1 heterocycles. The van der Waals surface area contributed by atoms with Gasteiger partial charge in [0.2, 0.25) is 0 Å². The second-order valence-corrected chi connectivity index (χ2v) is 7.05. The van der Waals surface area contributed by atoms with Crippen molar-refractivity contribution in [3.63, 3.8) is 0 Å². The zero-order chi connectivity index (χ0) is 20.0. The van der Waals surface area contributed by atoms with Gasteiger partial charge in [-0.05, 0) is 37.3 Å². The van der Waals surface area contributed by atoms with E-state index in [1.54, 1.807) is 6.07 Å². The topological polar surface area (TPSA) is 52.6 Å². The minimum absolute atomic E-state index is 0.0361. The van der Waals surface area contributed by atoms with Gasteiger partial charge in [0.05, 0.1) is 6.61 Å². The van der Waals surface area contributed by atoms with E-state index in [9.17, 15) is 22.8 Å². The van der Waals surface area contributed by atoms with Gasteiger partial charge in [0.15, 0.2) is 5.78 Å². The summed E-state index contributed by atoms with van der Waals surface area (Å²) < 4.78 is 48.4. The Balaban J connectivity index is 2.30. The van der Waals surface area contributed by atoms with Crippen LogP contribution in [0.1, 0.15) is 47.1 Å². The van der Waals surface area contributed by atoms with Gasteiger partial charge < -0.3 is 9.47 Å². The molecule has 7 heteroatoms. The minimum Gasteiger partial charge on any atom is -0.492 e. The van der Waals surface area contributed by atoms with Crippen LogP contribution in [0.4, 0.5) is 13.2 Å². The van der Waals surface area contributed by atoms with E-state index >= 15 is 0 Å². The van der Waals surface area contributed by atoms with E-state index in [0.717, 1.165) is 11.6 Å². The van der Waals surface area contributed by atoms with E-state index in [-0.39, 0.29) is 22.5 Å². The van der Waals surface area contributed by atoms with E-state index in [1.807, 2.05) is 13.8 Å². The molecule has 2 aromatic rings. The molecule has 0 unspecified atom stereocenters. The number of benzene rings is 2. The molecule has 3 rings (SSSR count). The zero-order valence-corrected chi connectivity index (χ0v) is 14.9. The number of ketones is 1. The Morgan fingerprint density at radius 1 is 1.19 bits per heavy atom. The number of carbonyl (C=O) groups excluding carboxylic acids is 2. The molecule has 0 bridgehead atoms. The fourth-order valence-corrected chi connectivity index (χ4v) is 3.07. The molecule has 4 nitrogen and oxygen atoms in total. The Morgan fingerprint density at radius 3 is 2.48 bits per heavy atom. The van der Waals surface area contributed by atoms with Crippen molar-refractivity contribution in [2.45, 2.75) is 32.5 Å². The maximum absolute atomic E-state index is 12.8. The number of aldehydes is 1. The third kappa shape index (κ3) is 3.67. The van der Waals surface area contributed by atoms with Crippen molar-refractivity contribution in [2.24, 2.45) is 0 Å². The lowest BCUT2D eigenvalue weighted by atomic mass is 9.83. The second kappa shape index (κ2) is 6.40. The fraction of sp³-hybridized carbons (Fsp3) is 0.300. The number of hydrogen-bond donors (Lipinski definition) is 0. The number of halogens is 3. The lowest BCUT2D eigenvalue weighted by molar-refractivity contribution is -0.274. The average molecular weight is 378 g/mol. The number of Topliss-reactive ketones (excluding diaryl/α,β-unsaturated/α-hetero) is 1. The summed E-state index contributed by atoms with van der Waals surface area (Å²) >= 11 is 0. The molecule has 2 aromatic carbocycles. The van der Waals surface area contributed by atoms with Gasteiger partial charge in [0.1, 0.15) is 17.8 Å². The standard InChI is InChI=1S/C20H17F3O4/c1-11(25)13-7-15(18-16(8-13)19(2,3)10-26-18)14-6-12(9-24)4-5-17(14)27-20(21,22)23/h4-9H,10H2,1-3H3. The summed E-state index contributed by atoms with van der Waals surface area (Å²) in [6.07, 6.45) is -4.38. The average Bonchev–Trinajstić information content (AvgIpc) is 2.88. The molecule has 0 N–H and O–H groups in total. The molecule has 0 spiro atoms. The van der Waals surface area contributed by atoms with Gasteiger partial charge in [-0.2, -0.15) is 0 Å². The number of rotatable bonds is 4. The molecule has 0 saturated carbocycles. The number of fused-ring (bicyclic) bond motifs is 1. The first-order valence-corrected chi connectivity index (χ1v) is 8.19. The smallest absolute Gasteiger partial charge is 0.492 e. The summed E-state index contributed by atoms with van der Waals surface area (Å²) in [4.78, 5) is 23.1. The molecular weight excluding hydrogens is 361 g/mol. The number of hydrogen-bond acceptors (Lipinski definition) is 4. The van der Waals surface area contributed by atoms with Crippen molar-refractivity contribution in [3.8, 4) is 22.6 Å². The Labute approximate surface area is 153 Å². The van der Waals surface area contributed by atoms with Crippen LogP contribution in [0, 0.1) is 0 Å². The van der Waals surface area contributed by atoms with Crippen molar-refractivity contribution < 1.29 is 32.2 Å². The quantitative estimate of drug-likeness (QED) is 0.559. The van der Waals surface area contributed by atoms with Crippen LogP contribution in [-0.2, 0) is 5.41 Å².